The Labute approximate surface area is 228 Å². The summed E-state index contributed by atoms with van der Waals surface area (Å²) in [7, 11) is 0. The number of benzene rings is 2. The van der Waals surface area contributed by atoms with Crippen LogP contribution in [0.4, 0.5) is 30.7 Å². The smallest absolute Gasteiger partial charge is 0.374 e. The van der Waals surface area contributed by atoms with E-state index in [9.17, 15) is 35.5 Å². The zero-order valence-electron chi connectivity index (χ0n) is 22.1. The Morgan fingerprint density at radius 1 is 0.975 bits per heavy atom. The highest BCUT2D eigenvalue weighted by molar-refractivity contribution is 5.92. The van der Waals surface area contributed by atoms with Gasteiger partial charge in [0.15, 0.2) is 5.78 Å². The average molecular weight is 570 g/mol. The number of carbonyl (C=O) groups excluding carboxylic acids is 1. The van der Waals surface area contributed by atoms with Gasteiger partial charge in [-0.2, -0.15) is 26.3 Å². The van der Waals surface area contributed by atoms with Crippen LogP contribution in [0.1, 0.15) is 73.8 Å². The summed E-state index contributed by atoms with van der Waals surface area (Å²) in [6.45, 7) is 4.96. The number of alkyl halides is 6. The lowest BCUT2D eigenvalue weighted by molar-refractivity contribution is -0.143. The molecule has 2 aliphatic carbocycles. The fraction of sp³-hybridized carbons (Fsp3) is 0.500. The maximum Gasteiger partial charge on any atom is 0.416 e. The molecule has 216 valence electrons. The second-order valence-corrected chi connectivity index (χ2v) is 11.5. The second kappa shape index (κ2) is 10.2. The highest BCUT2D eigenvalue weighted by Crippen LogP contribution is 2.55. The molecule has 40 heavy (non-hydrogen) atoms. The van der Waals surface area contributed by atoms with Crippen molar-refractivity contribution in [1.29, 1.82) is 0 Å². The molecule has 0 spiro atoms. The molecule has 0 unspecified atom stereocenters. The molecule has 1 saturated carbocycles. The quantitative estimate of drug-likeness (QED) is 0.341. The maximum absolute atomic E-state index is 13.8. The number of ketones is 1. The Bertz CT molecular complexity index is 1270. The minimum atomic E-state index is -4.96. The van der Waals surface area contributed by atoms with E-state index in [1.165, 1.54) is 19.1 Å². The predicted octanol–water partition coefficient (Wildman–Crippen LogP) is 8.07. The van der Waals surface area contributed by atoms with Crippen LogP contribution in [0.5, 0.6) is 0 Å². The zero-order valence-corrected chi connectivity index (χ0v) is 22.1. The molecule has 3 aliphatic rings. The topological polar surface area (TPSA) is 29.5 Å². The number of allylic oxidation sites excluding steroid dienone is 2. The Kier molecular flexibility index (Phi) is 7.30. The largest absolute Gasteiger partial charge is 0.416 e. The van der Waals surface area contributed by atoms with E-state index < -0.39 is 41.5 Å². The molecule has 5 rings (SSSR count). The van der Waals surface area contributed by atoms with E-state index in [2.05, 4.69) is 11.8 Å². The molecule has 0 bridgehead atoms. The summed E-state index contributed by atoms with van der Waals surface area (Å²) >= 11 is 0. The molecule has 2 fully saturated rings. The Morgan fingerprint density at radius 3 is 2.15 bits per heavy atom. The highest BCUT2D eigenvalue weighted by Gasteiger charge is 2.53. The van der Waals surface area contributed by atoms with E-state index in [1.54, 1.807) is 18.2 Å². The van der Waals surface area contributed by atoms with Gasteiger partial charge in [-0.3, -0.25) is 4.79 Å². The third-order valence-electron chi connectivity index (χ3n) is 8.77. The fourth-order valence-electron chi connectivity index (χ4n) is 6.69. The summed E-state index contributed by atoms with van der Waals surface area (Å²) in [4.78, 5) is 14.1. The van der Waals surface area contributed by atoms with E-state index in [0.717, 1.165) is 24.2 Å². The van der Waals surface area contributed by atoms with Gasteiger partial charge in [0.2, 0.25) is 0 Å². The Morgan fingerprint density at radius 2 is 1.60 bits per heavy atom. The minimum absolute atomic E-state index is 0.00718. The Hall–Kier alpha value is -2.88. The SMILES string of the molecule is C[C@@H](O[C@H]1CC[C@]2(C)CN(C3=CC(=O)CC3)C[C@H]2[C@@H]1c1ccc(F)cc1)c1cc(C(F)(F)F)cc(C(F)(F)F)c1. The van der Waals surface area contributed by atoms with Crippen LogP contribution < -0.4 is 0 Å². The number of carbonyl (C=O) groups is 1. The summed E-state index contributed by atoms with van der Waals surface area (Å²) in [5.74, 6) is -0.607. The van der Waals surface area contributed by atoms with Crippen LogP contribution in [-0.4, -0.2) is 29.9 Å². The second-order valence-electron chi connectivity index (χ2n) is 11.5. The number of fused-ring (bicyclic) bond motifs is 1. The van der Waals surface area contributed by atoms with Gasteiger partial charge in [-0.25, -0.2) is 4.39 Å². The first kappa shape index (κ1) is 28.6. The van der Waals surface area contributed by atoms with Crippen molar-refractivity contribution in [2.45, 2.75) is 70.0 Å². The summed E-state index contributed by atoms with van der Waals surface area (Å²) in [6.07, 6.45) is -7.45. The standard InChI is InChI=1S/C30H30F7NO2/c1-17(19-11-20(29(32,33)34)13-21(12-19)30(35,36)37)40-26-9-10-28(2)16-38(23-7-8-24(39)14-23)15-25(28)27(26)18-3-5-22(31)6-4-18/h3-6,11-14,17,25-27H,7-10,15-16H2,1-2H3/t17-,25+,26+,27+,28-/m1/s1. The zero-order chi connectivity index (χ0) is 29.0. The van der Waals surface area contributed by atoms with Crippen LogP contribution in [0.2, 0.25) is 0 Å². The van der Waals surface area contributed by atoms with Crippen LogP contribution in [0.3, 0.4) is 0 Å². The van der Waals surface area contributed by atoms with Crippen LogP contribution in [0.15, 0.2) is 54.2 Å². The lowest BCUT2D eigenvalue weighted by Crippen LogP contribution is -2.43. The first-order valence-corrected chi connectivity index (χ1v) is 13.3. The van der Waals surface area contributed by atoms with E-state index >= 15 is 0 Å². The van der Waals surface area contributed by atoms with Crippen LogP contribution >= 0.6 is 0 Å². The monoisotopic (exact) mass is 569 g/mol. The van der Waals surface area contributed by atoms with Gasteiger partial charge in [-0.05, 0) is 79.0 Å². The molecule has 1 saturated heterocycles. The van der Waals surface area contributed by atoms with E-state index in [1.807, 2.05) is 0 Å². The molecular formula is C30H30F7NO2. The molecule has 2 aromatic rings. The maximum atomic E-state index is 13.8. The molecule has 3 nitrogen and oxygen atoms in total. The average Bonchev–Trinajstić information content (AvgIpc) is 3.46. The van der Waals surface area contributed by atoms with E-state index in [-0.39, 0.29) is 34.7 Å². The number of hydrogen-bond donors (Lipinski definition) is 0. The van der Waals surface area contributed by atoms with E-state index in [4.69, 9.17) is 4.74 Å². The number of hydrogen-bond acceptors (Lipinski definition) is 3. The van der Waals surface area contributed by atoms with Crippen molar-refractivity contribution in [1.82, 2.24) is 4.90 Å². The normalized spacial score (nSPS) is 28.0. The molecule has 2 aromatic carbocycles. The van der Waals surface area contributed by atoms with Crippen molar-refractivity contribution in [3.8, 4) is 0 Å². The van der Waals surface area contributed by atoms with Crippen molar-refractivity contribution >= 4 is 5.78 Å². The van der Waals surface area contributed by atoms with Crippen LogP contribution in [-0.2, 0) is 21.9 Å². The van der Waals surface area contributed by atoms with Gasteiger partial charge >= 0.3 is 12.4 Å². The molecule has 0 radical (unpaired) electrons. The van der Waals surface area contributed by atoms with Gasteiger partial charge in [-0.1, -0.05) is 19.1 Å². The van der Waals surface area contributed by atoms with Gasteiger partial charge in [0.1, 0.15) is 5.82 Å². The lowest BCUT2D eigenvalue weighted by atomic mass is 9.61. The lowest BCUT2D eigenvalue weighted by Gasteiger charge is -2.46. The summed E-state index contributed by atoms with van der Waals surface area (Å²) < 4.78 is 101. The van der Waals surface area contributed by atoms with Crippen molar-refractivity contribution in [3.05, 3.63) is 82.3 Å². The molecule has 1 aliphatic heterocycles. The van der Waals surface area contributed by atoms with Crippen LogP contribution in [0, 0.1) is 17.2 Å². The molecule has 1 heterocycles. The van der Waals surface area contributed by atoms with Gasteiger partial charge in [-0.15, -0.1) is 0 Å². The van der Waals surface area contributed by atoms with Gasteiger partial charge in [0, 0.05) is 37.2 Å². The first-order chi connectivity index (χ1) is 18.6. The van der Waals surface area contributed by atoms with Crippen molar-refractivity contribution in [2.24, 2.45) is 11.3 Å². The van der Waals surface area contributed by atoms with Crippen molar-refractivity contribution < 1.29 is 40.3 Å². The summed E-state index contributed by atoms with van der Waals surface area (Å²) in [5, 5.41) is 0. The predicted molar refractivity (Wildman–Crippen MR) is 134 cm³/mol. The third-order valence-corrected chi connectivity index (χ3v) is 8.77. The fourth-order valence-corrected chi connectivity index (χ4v) is 6.69. The number of rotatable bonds is 5. The van der Waals surface area contributed by atoms with Gasteiger partial charge in [0.25, 0.3) is 0 Å². The molecule has 0 aromatic heterocycles. The number of ether oxygens (including phenoxy) is 1. The van der Waals surface area contributed by atoms with Gasteiger partial charge in [0.05, 0.1) is 23.3 Å². The molecule has 5 atom stereocenters. The number of halogens is 7. The number of nitrogens with zero attached hydrogens (tertiary/aromatic N) is 1. The summed E-state index contributed by atoms with van der Waals surface area (Å²) in [5.41, 5.74) is -1.37. The first-order valence-electron chi connectivity index (χ1n) is 13.3. The molecule has 10 heteroatoms. The Balaban J connectivity index is 1.48. The summed E-state index contributed by atoms with van der Waals surface area (Å²) in [6, 6.07) is 7.55. The van der Waals surface area contributed by atoms with Crippen molar-refractivity contribution in [3.63, 3.8) is 0 Å². The van der Waals surface area contributed by atoms with E-state index in [0.29, 0.717) is 37.9 Å². The van der Waals surface area contributed by atoms with Crippen LogP contribution in [0.25, 0.3) is 0 Å². The number of likely N-dealkylation sites (tertiary alicyclic amines) is 1. The van der Waals surface area contributed by atoms with Gasteiger partial charge < -0.3 is 9.64 Å². The van der Waals surface area contributed by atoms with Crippen molar-refractivity contribution in [2.75, 3.05) is 13.1 Å². The molecular weight excluding hydrogens is 539 g/mol. The third kappa shape index (κ3) is 5.64. The molecule has 0 amide bonds. The molecule has 0 N–H and O–H groups in total. The highest BCUT2D eigenvalue weighted by atomic mass is 19.4. The minimum Gasteiger partial charge on any atom is -0.374 e.